The average Bonchev–Trinajstić information content (AvgIpc) is 2.46. The molecule has 100 valence electrons. The number of nitrogens with one attached hydrogen (secondary N) is 1. The lowest BCUT2D eigenvalue weighted by Gasteiger charge is -2.09. The molecule has 1 heterocycles. The van der Waals surface area contributed by atoms with E-state index in [1.165, 1.54) is 6.07 Å². The lowest BCUT2D eigenvalue weighted by molar-refractivity contribution is 0.509. The number of hydrogen-bond donors (Lipinski definition) is 1. The lowest BCUT2D eigenvalue weighted by Crippen LogP contribution is -2.09. The van der Waals surface area contributed by atoms with Gasteiger partial charge in [0.2, 0.25) is 0 Å². The van der Waals surface area contributed by atoms with Gasteiger partial charge in [0.25, 0.3) is 0 Å². The fraction of sp³-hybridized carbons (Fsp3) is 0.0625. The van der Waals surface area contributed by atoms with E-state index in [1.807, 2.05) is 6.07 Å². The van der Waals surface area contributed by atoms with Crippen LogP contribution in [0.2, 0.25) is 0 Å². The zero-order valence-electron chi connectivity index (χ0n) is 10.7. The monoisotopic (exact) mass is 271 g/mol. The summed E-state index contributed by atoms with van der Waals surface area (Å²) in [5, 5.41) is 0.580. The summed E-state index contributed by atoms with van der Waals surface area (Å²) in [5.74, 6) is -1.84. The van der Waals surface area contributed by atoms with Crippen LogP contribution in [-0.2, 0) is 0 Å². The molecule has 20 heavy (non-hydrogen) atoms. The molecule has 0 amide bonds. The molecule has 3 rings (SSSR count). The lowest BCUT2D eigenvalue weighted by atomic mass is 10.0. The molecule has 0 spiro atoms. The van der Waals surface area contributed by atoms with E-state index in [-0.39, 0.29) is 5.43 Å². The standard InChI is InChI=1S/C16H11F2NO/c1-9-15(10-6-7-12(17)13(18)8-10)19-14-5-3-2-4-11(14)16(9)20/h2-8H,1H3,(H,19,20). The highest BCUT2D eigenvalue weighted by Crippen LogP contribution is 2.23. The molecule has 1 aromatic heterocycles. The first-order valence-corrected chi connectivity index (χ1v) is 6.15. The number of H-pyrrole nitrogens is 1. The molecule has 0 saturated carbocycles. The van der Waals surface area contributed by atoms with Crippen LogP contribution in [0.25, 0.3) is 22.2 Å². The molecule has 0 unspecified atom stereocenters. The van der Waals surface area contributed by atoms with Crippen molar-refractivity contribution < 1.29 is 8.78 Å². The highest BCUT2D eigenvalue weighted by molar-refractivity contribution is 5.83. The molecular formula is C16H11F2NO. The van der Waals surface area contributed by atoms with Gasteiger partial charge in [0.1, 0.15) is 0 Å². The van der Waals surface area contributed by atoms with Crippen molar-refractivity contribution in [1.82, 2.24) is 4.98 Å². The molecule has 4 heteroatoms. The first-order chi connectivity index (χ1) is 9.58. The zero-order chi connectivity index (χ0) is 14.3. The van der Waals surface area contributed by atoms with Crippen molar-refractivity contribution in [3.8, 4) is 11.3 Å². The summed E-state index contributed by atoms with van der Waals surface area (Å²) >= 11 is 0. The van der Waals surface area contributed by atoms with Crippen molar-refractivity contribution in [3.05, 3.63) is 69.9 Å². The van der Waals surface area contributed by atoms with Crippen LogP contribution in [0.5, 0.6) is 0 Å². The molecule has 0 aliphatic carbocycles. The summed E-state index contributed by atoms with van der Waals surface area (Å²) in [6.45, 7) is 1.67. The van der Waals surface area contributed by atoms with E-state index >= 15 is 0 Å². The van der Waals surface area contributed by atoms with E-state index in [0.717, 1.165) is 12.1 Å². The molecular weight excluding hydrogens is 260 g/mol. The van der Waals surface area contributed by atoms with Crippen molar-refractivity contribution >= 4 is 10.9 Å². The largest absolute Gasteiger partial charge is 0.354 e. The number of aromatic amines is 1. The summed E-state index contributed by atoms with van der Waals surface area (Å²) in [6.07, 6.45) is 0. The van der Waals surface area contributed by atoms with Gasteiger partial charge in [-0.05, 0) is 37.3 Å². The Hall–Kier alpha value is -2.49. The Bertz CT molecular complexity index is 868. The van der Waals surface area contributed by atoms with Crippen LogP contribution in [0.3, 0.4) is 0 Å². The third-order valence-corrected chi connectivity index (χ3v) is 3.36. The van der Waals surface area contributed by atoms with Gasteiger partial charge in [-0.1, -0.05) is 12.1 Å². The van der Waals surface area contributed by atoms with Crippen LogP contribution in [-0.4, -0.2) is 4.98 Å². The third-order valence-electron chi connectivity index (χ3n) is 3.36. The van der Waals surface area contributed by atoms with E-state index in [2.05, 4.69) is 4.98 Å². The second kappa shape index (κ2) is 4.56. The molecule has 0 aliphatic rings. The summed E-state index contributed by atoms with van der Waals surface area (Å²) in [4.78, 5) is 15.4. The first-order valence-electron chi connectivity index (χ1n) is 6.15. The van der Waals surface area contributed by atoms with Gasteiger partial charge in [0.15, 0.2) is 17.1 Å². The van der Waals surface area contributed by atoms with Crippen molar-refractivity contribution in [2.45, 2.75) is 6.92 Å². The predicted octanol–water partition coefficient (Wildman–Crippen LogP) is 3.78. The van der Waals surface area contributed by atoms with Crippen molar-refractivity contribution in [3.63, 3.8) is 0 Å². The summed E-state index contributed by atoms with van der Waals surface area (Å²) in [7, 11) is 0. The summed E-state index contributed by atoms with van der Waals surface area (Å²) in [6, 6.07) is 10.7. The minimum atomic E-state index is -0.934. The van der Waals surface area contributed by atoms with Gasteiger partial charge in [-0.25, -0.2) is 8.78 Å². The number of hydrogen-bond acceptors (Lipinski definition) is 1. The normalized spacial score (nSPS) is 10.9. The van der Waals surface area contributed by atoms with Gasteiger partial charge in [0, 0.05) is 22.0 Å². The second-order valence-corrected chi connectivity index (χ2v) is 4.63. The van der Waals surface area contributed by atoms with Crippen molar-refractivity contribution in [2.24, 2.45) is 0 Å². The predicted molar refractivity (Wildman–Crippen MR) is 74.7 cm³/mol. The zero-order valence-corrected chi connectivity index (χ0v) is 10.7. The number of rotatable bonds is 1. The van der Waals surface area contributed by atoms with Crippen LogP contribution in [0, 0.1) is 18.6 Å². The average molecular weight is 271 g/mol. The van der Waals surface area contributed by atoms with Crippen LogP contribution in [0.15, 0.2) is 47.3 Å². The van der Waals surface area contributed by atoms with Gasteiger partial charge in [-0.3, -0.25) is 4.79 Å². The smallest absolute Gasteiger partial charge is 0.192 e. The Morgan fingerprint density at radius 1 is 1.00 bits per heavy atom. The number of para-hydroxylation sites is 1. The highest BCUT2D eigenvalue weighted by atomic mass is 19.2. The Balaban J connectivity index is 2.33. The molecule has 1 N–H and O–H groups in total. The van der Waals surface area contributed by atoms with E-state index in [4.69, 9.17) is 0 Å². The molecule has 0 aliphatic heterocycles. The molecule has 0 radical (unpaired) electrons. The first kappa shape index (κ1) is 12.5. The number of aromatic nitrogens is 1. The van der Waals surface area contributed by atoms with Crippen LogP contribution in [0.4, 0.5) is 8.78 Å². The van der Waals surface area contributed by atoms with Crippen molar-refractivity contribution in [1.29, 1.82) is 0 Å². The molecule has 2 nitrogen and oxygen atoms in total. The Labute approximate surface area is 113 Å². The molecule has 0 saturated heterocycles. The minimum Gasteiger partial charge on any atom is -0.354 e. The van der Waals surface area contributed by atoms with Gasteiger partial charge in [-0.2, -0.15) is 0 Å². The van der Waals surface area contributed by atoms with Crippen LogP contribution >= 0.6 is 0 Å². The SMILES string of the molecule is Cc1c(-c2ccc(F)c(F)c2)[nH]c2ccccc2c1=O. The molecule has 2 aromatic carbocycles. The second-order valence-electron chi connectivity index (χ2n) is 4.63. The number of pyridine rings is 1. The number of benzene rings is 2. The summed E-state index contributed by atoms with van der Waals surface area (Å²) < 4.78 is 26.3. The van der Waals surface area contributed by atoms with Crippen molar-refractivity contribution in [2.75, 3.05) is 0 Å². The van der Waals surface area contributed by atoms with E-state index < -0.39 is 11.6 Å². The van der Waals surface area contributed by atoms with Crippen LogP contribution < -0.4 is 5.43 Å². The van der Waals surface area contributed by atoms with Gasteiger partial charge in [-0.15, -0.1) is 0 Å². The van der Waals surface area contributed by atoms with Gasteiger partial charge in [0.05, 0.1) is 5.69 Å². The summed E-state index contributed by atoms with van der Waals surface area (Å²) in [5.41, 5.74) is 1.99. The molecule has 0 atom stereocenters. The Kier molecular flexibility index (Phi) is 2.86. The fourth-order valence-electron chi connectivity index (χ4n) is 2.27. The van der Waals surface area contributed by atoms with E-state index in [1.54, 1.807) is 25.1 Å². The topological polar surface area (TPSA) is 32.9 Å². The molecule has 0 fully saturated rings. The Morgan fingerprint density at radius 3 is 2.50 bits per heavy atom. The van der Waals surface area contributed by atoms with E-state index in [9.17, 15) is 13.6 Å². The number of halogens is 2. The van der Waals surface area contributed by atoms with Gasteiger partial charge >= 0.3 is 0 Å². The maximum Gasteiger partial charge on any atom is 0.192 e. The number of fused-ring (bicyclic) bond motifs is 1. The maximum atomic E-state index is 13.3. The minimum absolute atomic E-state index is 0.112. The highest BCUT2D eigenvalue weighted by Gasteiger charge is 2.11. The molecule has 0 bridgehead atoms. The third kappa shape index (κ3) is 1.90. The Morgan fingerprint density at radius 2 is 1.75 bits per heavy atom. The quantitative estimate of drug-likeness (QED) is 0.717. The molecule has 3 aromatic rings. The fourth-order valence-corrected chi connectivity index (χ4v) is 2.27. The van der Waals surface area contributed by atoms with E-state index in [0.29, 0.717) is 27.7 Å². The van der Waals surface area contributed by atoms with Gasteiger partial charge < -0.3 is 4.98 Å². The maximum absolute atomic E-state index is 13.3. The van der Waals surface area contributed by atoms with Crippen LogP contribution in [0.1, 0.15) is 5.56 Å².